The number of esters is 1. The Morgan fingerprint density at radius 2 is 1.71 bits per heavy atom. The number of carbonyl (C=O) groups excluding carboxylic acids is 1. The number of halogens is 2. The highest BCUT2D eigenvalue weighted by Gasteiger charge is 2.24. The third-order valence-electron chi connectivity index (χ3n) is 5.65. The van der Waals surface area contributed by atoms with E-state index in [0.29, 0.717) is 18.5 Å². The van der Waals surface area contributed by atoms with Gasteiger partial charge in [-0.1, -0.05) is 44.5 Å². The van der Waals surface area contributed by atoms with E-state index in [2.05, 4.69) is 18.3 Å². The van der Waals surface area contributed by atoms with Crippen molar-refractivity contribution in [2.24, 2.45) is 5.73 Å². The number of benzene rings is 2. The number of unbranched alkanes of at least 4 members (excludes halogenated alkanes) is 1. The molecule has 0 spiro atoms. The second kappa shape index (κ2) is 14.3. The quantitative estimate of drug-likeness (QED) is 0.355. The van der Waals surface area contributed by atoms with Gasteiger partial charge >= 0.3 is 5.97 Å². The molecule has 0 fully saturated rings. The molecule has 3 N–H and O–H groups in total. The molecule has 0 saturated heterocycles. The van der Waals surface area contributed by atoms with Crippen LogP contribution in [0.3, 0.4) is 0 Å². The Labute approximate surface area is 207 Å². The highest BCUT2D eigenvalue weighted by molar-refractivity contribution is 7.91. The summed E-state index contributed by atoms with van der Waals surface area (Å²) in [6, 6.07) is 10.4. The predicted molar refractivity (Wildman–Crippen MR) is 134 cm³/mol. The van der Waals surface area contributed by atoms with Crippen LogP contribution in [0.15, 0.2) is 42.5 Å². The SMILES string of the molecule is CCCCS(=O)(=O)CCC(=O)OC(CNCc1cccc(CC)c1)C(N)Cc1cc(F)cc(F)c1. The van der Waals surface area contributed by atoms with Crippen molar-refractivity contribution in [3.8, 4) is 0 Å². The summed E-state index contributed by atoms with van der Waals surface area (Å²) >= 11 is 0. The second-order valence-electron chi connectivity index (χ2n) is 8.73. The molecule has 0 aliphatic heterocycles. The molecule has 2 atom stereocenters. The molecule has 2 unspecified atom stereocenters. The lowest BCUT2D eigenvalue weighted by molar-refractivity contribution is -0.149. The summed E-state index contributed by atoms with van der Waals surface area (Å²) in [6.45, 7) is 4.67. The van der Waals surface area contributed by atoms with Gasteiger partial charge in [0, 0.05) is 25.2 Å². The zero-order valence-electron chi connectivity index (χ0n) is 20.4. The second-order valence-corrected chi connectivity index (χ2v) is 11.0. The summed E-state index contributed by atoms with van der Waals surface area (Å²) in [6.07, 6.45) is 1.18. The first-order chi connectivity index (χ1) is 16.6. The van der Waals surface area contributed by atoms with Crippen LogP contribution in [0.1, 0.15) is 49.8 Å². The fraction of sp³-hybridized carbons (Fsp3) is 0.500. The van der Waals surface area contributed by atoms with Gasteiger partial charge in [0.15, 0.2) is 9.84 Å². The van der Waals surface area contributed by atoms with Crippen molar-refractivity contribution < 1.29 is 26.7 Å². The Hall–Kier alpha value is -2.36. The summed E-state index contributed by atoms with van der Waals surface area (Å²) in [4.78, 5) is 12.5. The van der Waals surface area contributed by atoms with E-state index in [1.54, 1.807) is 0 Å². The summed E-state index contributed by atoms with van der Waals surface area (Å²) in [5.41, 5.74) is 8.88. The van der Waals surface area contributed by atoms with E-state index in [1.807, 2.05) is 25.1 Å². The van der Waals surface area contributed by atoms with Crippen molar-refractivity contribution in [1.29, 1.82) is 0 Å². The van der Waals surface area contributed by atoms with Crippen LogP contribution in [0.5, 0.6) is 0 Å². The number of hydrogen-bond donors (Lipinski definition) is 2. The number of sulfone groups is 1. The zero-order valence-corrected chi connectivity index (χ0v) is 21.3. The van der Waals surface area contributed by atoms with E-state index < -0.39 is 39.6 Å². The fourth-order valence-corrected chi connectivity index (χ4v) is 5.07. The number of nitrogens with two attached hydrogens (primary N) is 1. The lowest BCUT2D eigenvalue weighted by atomic mass is 10.0. The Kier molecular flexibility index (Phi) is 11.8. The average Bonchev–Trinajstić information content (AvgIpc) is 2.80. The lowest BCUT2D eigenvalue weighted by Crippen LogP contribution is -2.46. The standard InChI is InChI=1S/C26H36F2N2O4S/c1-3-5-10-35(32,33)11-9-26(31)34-25(18-30-17-20-8-6-7-19(4-2)12-20)24(29)15-21-13-22(27)16-23(28)14-21/h6-8,12-14,16,24-25,30H,3-5,9-11,15,17-18,29H2,1-2H3. The number of carbonyl (C=O) groups is 1. The third kappa shape index (κ3) is 10.8. The van der Waals surface area contributed by atoms with Crippen molar-refractivity contribution >= 4 is 15.8 Å². The van der Waals surface area contributed by atoms with E-state index in [4.69, 9.17) is 10.5 Å². The molecule has 0 aliphatic carbocycles. The third-order valence-corrected chi connectivity index (χ3v) is 7.39. The molecule has 194 valence electrons. The van der Waals surface area contributed by atoms with E-state index in [-0.39, 0.29) is 30.9 Å². The van der Waals surface area contributed by atoms with Crippen LogP contribution in [-0.4, -0.2) is 44.6 Å². The normalized spacial score (nSPS) is 13.4. The molecule has 6 nitrogen and oxygen atoms in total. The highest BCUT2D eigenvalue weighted by atomic mass is 32.2. The van der Waals surface area contributed by atoms with Crippen LogP contribution in [0.4, 0.5) is 8.78 Å². The summed E-state index contributed by atoms with van der Waals surface area (Å²) in [5.74, 6) is -2.37. The summed E-state index contributed by atoms with van der Waals surface area (Å²) < 4.78 is 56.9. The van der Waals surface area contributed by atoms with Crippen LogP contribution >= 0.6 is 0 Å². The topological polar surface area (TPSA) is 98.5 Å². The van der Waals surface area contributed by atoms with Gasteiger partial charge in [-0.3, -0.25) is 4.79 Å². The molecule has 0 amide bonds. The van der Waals surface area contributed by atoms with Gasteiger partial charge in [0.1, 0.15) is 17.7 Å². The van der Waals surface area contributed by atoms with Gasteiger partial charge in [0.2, 0.25) is 0 Å². The number of aryl methyl sites for hydroxylation is 1. The Balaban J connectivity index is 2.04. The minimum absolute atomic E-state index is 0.0310. The first-order valence-corrected chi connectivity index (χ1v) is 13.8. The van der Waals surface area contributed by atoms with Gasteiger partial charge in [-0.15, -0.1) is 0 Å². The van der Waals surface area contributed by atoms with Gasteiger partial charge in [0.05, 0.1) is 17.9 Å². The average molecular weight is 511 g/mol. The van der Waals surface area contributed by atoms with Gasteiger partial charge in [-0.05, 0) is 48.1 Å². The molecule has 0 radical (unpaired) electrons. The number of rotatable bonds is 15. The Morgan fingerprint density at radius 3 is 2.37 bits per heavy atom. The number of hydrogen-bond acceptors (Lipinski definition) is 6. The van der Waals surface area contributed by atoms with E-state index >= 15 is 0 Å². The molecule has 35 heavy (non-hydrogen) atoms. The molecular formula is C26H36F2N2O4S. The molecule has 2 aromatic rings. The molecule has 0 aliphatic rings. The molecular weight excluding hydrogens is 474 g/mol. The first kappa shape index (κ1) is 28.9. The van der Waals surface area contributed by atoms with Gasteiger partial charge in [0.25, 0.3) is 0 Å². The molecule has 2 rings (SSSR count). The summed E-state index contributed by atoms with van der Waals surface area (Å²) in [5, 5.41) is 3.22. The van der Waals surface area contributed by atoms with E-state index in [9.17, 15) is 22.0 Å². The molecule has 0 bridgehead atoms. The minimum Gasteiger partial charge on any atom is -0.459 e. The van der Waals surface area contributed by atoms with Crippen LogP contribution in [0, 0.1) is 11.6 Å². The van der Waals surface area contributed by atoms with E-state index in [0.717, 1.165) is 24.5 Å². The Morgan fingerprint density at radius 1 is 1.03 bits per heavy atom. The molecule has 0 aromatic heterocycles. The lowest BCUT2D eigenvalue weighted by Gasteiger charge is -2.25. The minimum atomic E-state index is -3.34. The number of ether oxygens (including phenoxy) is 1. The van der Waals surface area contributed by atoms with Crippen molar-refractivity contribution in [2.75, 3.05) is 18.1 Å². The van der Waals surface area contributed by atoms with Crippen molar-refractivity contribution in [1.82, 2.24) is 5.32 Å². The maximum atomic E-state index is 13.6. The zero-order chi connectivity index (χ0) is 25.8. The van der Waals surface area contributed by atoms with Crippen molar-refractivity contribution in [3.05, 3.63) is 70.8 Å². The number of nitrogens with one attached hydrogen (secondary N) is 1. The maximum Gasteiger partial charge on any atom is 0.307 e. The first-order valence-electron chi connectivity index (χ1n) is 12.0. The molecule has 0 saturated carbocycles. The van der Waals surface area contributed by atoms with Crippen LogP contribution < -0.4 is 11.1 Å². The van der Waals surface area contributed by atoms with Gasteiger partial charge < -0.3 is 15.8 Å². The van der Waals surface area contributed by atoms with E-state index in [1.165, 1.54) is 17.7 Å². The van der Waals surface area contributed by atoms with Crippen LogP contribution in [0.2, 0.25) is 0 Å². The van der Waals surface area contributed by atoms with Crippen LogP contribution in [-0.2, 0) is 38.8 Å². The Bertz CT molecular complexity index is 1040. The highest BCUT2D eigenvalue weighted by Crippen LogP contribution is 2.13. The molecule has 2 aromatic carbocycles. The van der Waals surface area contributed by atoms with Gasteiger partial charge in [-0.25, -0.2) is 17.2 Å². The van der Waals surface area contributed by atoms with Crippen molar-refractivity contribution in [3.63, 3.8) is 0 Å². The predicted octanol–water partition coefficient (Wildman–Crippen LogP) is 3.70. The molecule has 0 heterocycles. The maximum absolute atomic E-state index is 13.6. The van der Waals surface area contributed by atoms with Gasteiger partial charge in [-0.2, -0.15) is 0 Å². The fourth-order valence-electron chi connectivity index (χ4n) is 3.66. The van der Waals surface area contributed by atoms with Crippen molar-refractivity contribution in [2.45, 2.75) is 64.6 Å². The molecule has 9 heteroatoms. The van der Waals surface area contributed by atoms with Crippen LogP contribution in [0.25, 0.3) is 0 Å². The summed E-state index contributed by atoms with van der Waals surface area (Å²) in [7, 11) is -3.34. The monoisotopic (exact) mass is 510 g/mol. The smallest absolute Gasteiger partial charge is 0.307 e. The largest absolute Gasteiger partial charge is 0.459 e.